The van der Waals surface area contributed by atoms with Crippen molar-refractivity contribution >= 4 is 28.6 Å². The lowest BCUT2D eigenvalue weighted by molar-refractivity contribution is -0.161. The maximum Gasteiger partial charge on any atom is 0.309 e. The van der Waals surface area contributed by atoms with Gasteiger partial charge in [0.05, 0.1) is 23.6 Å². The van der Waals surface area contributed by atoms with Gasteiger partial charge in [-0.15, -0.1) is 0 Å². The Kier molecular flexibility index (Phi) is 6.28. The smallest absolute Gasteiger partial charge is 0.309 e. The fourth-order valence-corrected chi connectivity index (χ4v) is 4.53. The molecule has 1 saturated carbocycles. The number of esters is 1. The predicted molar refractivity (Wildman–Crippen MR) is 122 cm³/mol. The molecule has 8 heteroatoms. The van der Waals surface area contributed by atoms with Crippen LogP contribution >= 0.6 is 0 Å². The van der Waals surface area contributed by atoms with Crippen molar-refractivity contribution in [2.24, 2.45) is 5.92 Å². The van der Waals surface area contributed by atoms with Crippen LogP contribution < -0.4 is 15.6 Å². The number of nitrogens with one attached hydrogen (secondary N) is 1. The van der Waals surface area contributed by atoms with E-state index in [4.69, 9.17) is 9.47 Å². The number of fused-ring (bicyclic) bond motifs is 1. The Labute approximate surface area is 192 Å². The number of carbonyl (C=O) groups is 3. The number of imide groups is 1. The molecule has 4 rings (SSSR count). The normalized spacial score (nSPS) is 23.8. The number of ether oxygens (including phenoxy) is 2. The van der Waals surface area contributed by atoms with Crippen molar-refractivity contribution in [2.45, 2.75) is 77.0 Å². The van der Waals surface area contributed by atoms with Gasteiger partial charge >= 0.3 is 5.97 Å². The topological polar surface area (TPSA) is 104 Å². The van der Waals surface area contributed by atoms with Crippen molar-refractivity contribution in [3.63, 3.8) is 0 Å². The van der Waals surface area contributed by atoms with E-state index in [2.05, 4.69) is 5.32 Å². The van der Waals surface area contributed by atoms with E-state index in [1.54, 1.807) is 18.3 Å². The van der Waals surface area contributed by atoms with Crippen molar-refractivity contribution in [1.29, 1.82) is 0 Å². The Morgan fingerprint density at radius 1 is 1.00 bits per heavy atom. The van der Waals surface area contributed by atoms with E-state index in [1.165, 1.54) is 4.57 Å². The molecule has 1 N–H and O–H groups in total. The Bertz CT molecular complexity index is 1140. The van der Waals surface area contributed by atoms with E-state index in [0.717, 1.165) is 0 Å². The first kappa shape index (κ1) is 23.0. The zero-order valence-electron chi connectivity index (χ0n) is 19.3. The van der Waals surface area contributed by atoms with Crippen molar-refractivity contribution in [3.8, 4) is 5.75 Å². The molecule has 1 aromatic carbocycles. The maximum absolute atomic E-state index is 13.1. The summed E-state index contributed by atoms with van der Waals surface area (Å²) >= 11 is 0. The van der Waals surface area contributed by atoms with E-state index in [9.17, 15) is 19.2 Å². The van der Waals surface area contributed by atoms with Gasteiger partial charge in [-0.3, -0.25) is 29.1 Å². The lowest BCUT2D eigenvalue weighted by Crippen LogP contribution is -2.44. The third-order valence-corrected chi connectivity index (χ3v) is 6.17. The highest BCUT2D eigenvalue weighted by Crippen LogP contribution is 2.32. The third-order valence-electron chi connectivity index (χ3n) is 6.17. The van der Waals surface area contributed by atoms with Crippen LogP contribution in [0.25, 0.3) is 10.8 Å². The Morgan fingerprint density at radius 3 is 2.30 bits per heavy atom. The predicted octanol–water partition coefficient (Wildman–Crippen LogP) is 3.26. The molecule has 1 aliphatic carbocycles. The molecule has 1 aliphatic heterocycles. The Hall–Kier alpha value is -3.16. The second-order valence-corrected chi connectivity index (χ2v) is 9.84. The molecule has 2 heterocycles. The van der Waals surface area contributed by atoms with Crippen LogP contribution in [0.5, 0.6) is 5.75 Å². The van der Waals surface area contributed by atoms with Crippen LogP contribution in [0.4, 0.5) is 0 Å². The van der Waals surface area contributed by atoms with Gasteiger partial charge in [0.1, 0.15) is 17.4 Å². The lowest BCUT2D eigenvalue weighted by atomic mass is 9.87. The third kappa shape index (κ3) is 5.10. The molecule has 0 spiro atoms. The summed E-state index contributed by atoms with van der Waals surface area (Å²) in [6.45, 7) is 5.59. The number of carbonyl (C=O) groups excluding carboxylic acids is 3. The van der Waals surface area contributed by atoms with Crippen LogP contribution in [0.3, 0.4) is 0 Å². The average Bonchev–Trinajstić information content (AvgIpc) is 2.75. The molecule has 8 nitrogen and oxygen atoms in total. The van der Waals surface area contributed by atoms with Gasteiger partial charge in [-0.1, -0.05) is 18.2 Å². The van der Waals surface area contributed by atoms with Gasteiger partial charge in [0.25, 0.3) is 5.56 Å². The SMILES string of the molecule is CC(C)(C)OC(=O)C1CCC(Oc2cn(C3CCC(=O)NC3=O)c(=O)c3ccccc23)CC1. The molecular formula is C25H30N2O6. The summed E-state index contributed by atoms with van der Waals surface area (Å²) in [7, 11) is 0. The number of amides is 2. The van der Waals surface area contributed by atoms with Gasteiger partial charge in [0.15, 0.2) is 0 Å². The number of hydrogen-bond acceptors (Lipinski definition) is 6. The lowest BCUT2D eigenvalue weighted by Gasteiger charge is -2.30. The number of nitrogens with zero attached hydrogens (tertiary/aromatic N) is 1. The number of aromatic nitrogens is 1. The van der Waals surface area contributed by atoms with Crippen molar-refractivity contribution in [1.82, 2.24) is 9.88 Å². The summed E-state index contributed by atoms with van der Waals surface area (Å²) in [5.41, 5.74) is -0.798. The molecule has 2 fully saturated rings. The van der Waals surface area contributed by atoms with Crippen LogP contribution in [0, 0.1) is 5.92 Å². The van der Waals surface area contributed by atoms with Crippen LogP contribution in [0.2, 0.25) is 0 Å². The number of rotatable bonds is 4. The minimum absolute atomic E-state index is 0.111. The number of benzene rings is 1. The molecule has 0 bridgehead atoms. The van der Waals surface area contributed by atoms with Crippen LogP contribution in [-0.4, -0.2) is 34.1 Å². The summed E-state index contributed by atoms with van der Waals surface area (Å²) < 4.78 is 13.2. The molecule has 2 amide bonds. The molecule has 33 heavy (non-hydrogen) atoms. The van der Waals surface area contributed by atoms with Gasteiger partial charge in [0.2, 0.25) is 11.8 Å². The number of piperidine rings is 1. The summed E-state index contributed by atoms with van der Waals surface area (Å²) in [4.78, 5) is 49.5. The summed E-state index contributed by atoms with van der Waals surface area (Å²) in [6, 6.07) is 6.39. The Morgan fingerprint density at radius 2 is 1.67 bits per heavy atom. The molecule has 1 atom stereocenters. The highest BCUT2D eigenvalue weighted by molar-refractivity contribution is 5.99. The van der Waals surface area contributed by atoms with E-state index in [-0.39, 0.29) is 42.3 Å². The monoisotopic (exact) mass is 454 g/mol. The maximum atomic E-state index is 13.1. The summed E-state index contributed by atoms with van der Waals surface area (Å²) in [5, 5.41) is 3.45. The van der Waals surface area contributed by atoms with Gasteiger partial charge in [-0.25, -0.2) is 0 Å². The van der Waals surface area contributed by atoms with Gasteiger partial charge < -0.3 is 9.47 Å². The first-order valence-electron chi connectivity index (χ1n) is 11.5. The van der Waals surface area contributed by atoms with Crippen LogP contribution in [0.15, 0.2) is 35.3 Å². The second-order valence-electron chi connectivity index (χ2n) is 9.84. The molecule has 0 radical (unpaired) electrons. The van der Waals surface area contributed by atoms with Crippen molar-refractivity contribution in [3.05, 3.63) is 40.8 Å². The summed E-state index contributed by atoms with van der Waals surface area (Å²) in [6.07, 6.45) is 4.65. The fraction of sp³-hybridized carbons (Fsp3) is 0.520. The number of pyridine rings is 1. The average molecular weight is 455 g/mol. The van der Waals surface area contributed by atoms with E-state index >= 15 is 0 Å². The standard InChI is InChI=1S/C25H30N2O6/c1-25(2,3)33-24(31)15-8-10-16(11-9-15)32-20-14-27(19-12-13-21(28)26-22(19)29)23(30)18-7-5-4-6-17(18)20/h4-7,14-16,19H,8-13H2,1-3H3,(H,26,28,29). The summed E-state index contributed by atoms with van der Waals surface area (Å²) in [5.74, 6) is -0.595. The van der Waals surface area contributed by atoms with Crippen molar-refractivity contribution < 1.29 is 23.9 Å². The van der Waals surface area contributed by atoms with Crippen LogP contribution in [-0.2, 0) is 19.1 Å². The van der Waals surface area contributed by atoms with Gasteiger partial charge in [-0.05, 0) is 58.9 Å². The Balaban J connectivity index is 1.55. The molecule has 2 aromatic rings. The zero-order chi connectivity index (χ0) is 23.8. The van der Waals surface area contributed by atoms with Crippen molar-refractivity contribution in [2.75, 3.05) is 0 Å². The molecular weight excluding hydrogens is 424 g/mol. The van der Waals surface area contributed by atoms with Gasteiger partial charge in [-0.2, -0.15) is 0 Å². The molecule has 1 aromatic heterocycles. The minimum atomic E-state index is -0.759. The van der Waals surface area contributed by atoms with E-state index < -0.39 is 17.6 Å². The number of hydrogen-bond donors (Lipinski definition) is 1. The highest BCUT2D eigenvalue weighted by atomic mass is 16.6. The zero-order valence-corrected chi connectivity index (χ0v) is 19.3. The largest absolute Gasteiger partial charge is 0.488 e. The highest BCUT2D eigenvalue weighted by Gasteiger charge is 2.32. The molecule has 2 aliphatic rings. The fourth-order valence-electron chi connectivity index (χ4n) is 4.53. The molecule has 176 valence electrons. The van der Waals surface area contributed by atoms with Gasteiger partial charge in [0, 0.05) is 11.8 Å². The van der Waals surface area contributed by atoms with E-state index in [1.807, 2.05) is 32.9 Å². The van der Waals surface area contributed by atoms with Crippen LogP contribution in [0.1, 0.15) is 65.3 Å². The second kappa shape index (κ2) is 9.00. The first-order chi connectivity index (χ1) is 15.6. The van der Waals surface area contributed by atoms with E-state index in [0.29, 0.717) is 42.2 Å². The molecule has 1 saturated heterocycles. The minimum Gasteiger partial charge on any atom is -0.488 e. The first-order valence-corrected chi connectivity index (χ1v) is 11.5. The quantitative estimate of drug-likeness (QED) is 0.562. The molecule has 1 unspecified atom stereocenters.